The molecule has 0 unspecified atom stereocenters. The number of hydrogen-bond acceptors (Lipinski definition) is 4. The normalized spacial score (nSPS) is 22.6. The zero-order valence-corrected chi connectivity index (χ0v) is 12.1. The average molecular weight is 290 g/mol. The second-order valence-electron chi connectivity index (χ2n) is 5.35. The van der Waals surface area contributed by atoms with Crippen molar-refractivity contribution in [2.45, 2.75) is 31.7 Å². The van der Waals surface area contributed by atoms with E-state index in [-0.39, 0.29) is 5.92 Å². The molecule has 0 amide bonds. The highest BCUT2D eigenvalue weighted by molar-refractivity contribution is 6.35. The lowest BCUT2D eigenvalue weighted by Gasteiger charge is -2.26. The molecule has 2 heterocycles. The molecule has 5 nitrogen and oxygen atoms in total. The van der Waals surface area contributed by atoms with Crippen molar-refractivity contribution in [3.63, 3.8) is 0 Å². The fraction of sp³-hybridized carbons (Fsp3) is 0.500. The van der Waals surface area contributed by atoms with E-state index in [0.29, 0.717) is 11.1 Å². The highest BCUT2D eigenvalue weighted by atomic mass is 35.5. The number of halogens is 1. The molecule has 1 N–H and O–H groups in total. The number of nitrogens with one attached hydrogen (secondary N) is 1. The quantitative estimate of drug-likeness (QED) is 0.922. The molecule has 104 valence electrons. The van der Waals surface area contributed by atoms with E-state index in [1.807, 2.05) is 17.7 Å². The highest BCUT2D eigenvalue weighted by Crippen LogP contribution is 2.28. The van der Waals surface area contributed by atoms with E-state index in [1.54, 1.807) is 6.33 Å². The predicted molar refractivity (Wildman–Crippen MR) is 78.5 cm³/mol. The van der Waals surface area contributed by atoms with Crippen molar-refractivity contribution in [2.75, 3.05) is 5.32 Å². The number of pyridine rings is 1. The predicted octanol–water partition coefficient (Wildman–Crippen LogP) is 3.12. The van der Waals surface area contributed by atoms with E-state index in [1.165, 1.54) is 0 Å². The maximum atomic E-state index is 9.04. The number of imidazole rings is 1. The Morgan fingerprint density at radius 1 is 1.50 bits per heavy atom. The summed E-state index contributed by atoms with van der Waals surface area (Å²) in [6.45, 7) is 0. The molecule has 2 atom stereocenters. The Morgan fingerprint density at radius 2 is 2.35 bits per heavy atom. The lowest BCUT2D eigenvalue weighted by Crippen LogP contribution is -2.27. The number of aromatic nitrogens is 3. The average Bonchev–Trinajstić information content (AvgIpc) is 2.81. The Bertz CT molecular complexity index is 672. The Labute approximate surface area is 122 Å². The lowest BCUT2D eigenvalue weighted by molar-refractivity contribution is 0.395. The first-order valence-electron chi connectivity index (χ1n) is 6.81. The van der Waals surface area contributed by atoms with Crippen LogP contribution in [0.2, 0.25) is 5.02 Å². The van der Waals surface area contributed by atoms with Crippen molar-refractivity contribution in [3.8, 4) is 6.07 Å². The van der Waals surface area contributed by atoms with Gasteiger partial charge in [-0.25, -0.2) is 9.97 Å². The van der Waals surface area contributed by atoms with E-state index in [9.17, 15) is 0 Å². The first kappa shape index (κ1) is 13.2. The van der Waals surface area contributed by atoms with Crippen LogP contribution < -0.4 is 5.32 Å². The molecule has 2 aromatic rings. The number of fused-ring (bicyclic) bond motifs is 1. The van der Waals surface area contributed by atoms with Crippen molar-refractivity contribution >= 4 is 28.6 Å². The monoisotopic (exact) mass is 289 g/mol. The SMILES string of the molecule is Cn1cnc2c(Cl)cc(N[C@@H]3CCC[C@@H](C#N)C3)nc21. The summed E-state index contributed by atoms with van der Waals surface area (Å²) in [6.07, 6.45) is 5.74. The second-order valence-corrected chi connectivity index (χ2v) is 5.76. The van der Waals surface area contributed by atoms with Gasteiger partial charge in [-0.1, -0.05) is 18.0 Å². The second kappa shape index (κ2) is 5.29. The molecular weight excluding hydrogens is 274 g/mol. The van der Waals surface area contributed by atoms with Crippen LogP contribution in [0.3, 0.4) is 0 Å². The van der Waals surface area contributed by atoms with Crippen molar-refractivity contribution < 1.29 is 0 Å². The van der Waals surface area contributed by atoms with Gasteiger partial charge in [0, 0.05) is 25.1 Å². The first-order valence-corrected chi connectivity index (χ1v) is 7.19. The van der Waals surface area contributed by atoms with Gasteiger partial charge in [-0.05, 0) is 19.3 Å². The Hall–Kier alpha value is -1.80. The summed E-state index contributed by atoms with van der Waals surface area (Å²) in [5, 5.41) is 13.1. The molecule has 2 aromatic heterocycles. The molecule has 1 fully saturated rings. The number of anilines is 1. The summed E-state index contributed by atoms with van der Waals surface area (Å²) in [5.41, 5.74) is 1.49. The molecule has 1 saturated carbocycles. The number of nitriles is 1. The molecule has 0 aliphatic heterocycles. The van der Waals surface area contributed by atoms with Crippen LogP contribution in [0.1, 0.15) is 25.7 Å². The lowest BCUT2D eigenvalue weighted by atomic mass is 9.87. The van der Waals surface area contributed by atoms with Crippen LogP contribution in [0, 0.1) is 17.2 Å². The minimum absolute atomic E-state index is 0.150. The van der Waals surface area contributed by atoms with Crippen LogP contribution in [0.5, 0.6) is 0 Å². The molecule has 20 heavy (non-hydrogen) atoms. The van der Waals surface area contributed by atoms with Gasteiger partial charge >= 0.3 is 0 Å². The third-order valence-corrected chi connectivity index (χ3v) is 4.12. The molecular formula is C14H16ClN5. The van der Waals surface area contributed by atoms with Gasteiger partial charge in [0.1, 0.15) is 11.3 Å². The maximum absolute atomic E-state index is 9.04. The number of rotatable bonds is 2. The van der Waals surface area contributed by atoms with Gasteiger partial charge in [-0.15, -0.1) is 0 Å². The Kier molecular flexibility index (Phi) is 3.49. The summed E-state index contributed by atoms with van der Waals surface area (Å²) in [4.78, 5) is 8.79. The zero-order valence-electron chi connectivity index (χ0n) is 11.3. The smallest absolute Gasteiger partial charge is 0.163 e. The zero-order chi connectivity index (χ0) is 14.1. The van der Waals surface area contributed by atoms with Crippen LogP contribution in [0.4, 0.5) is 5.82 Å². The Balaban J connectivity index is 1.84. The summed E-state index contributed by atoms with van der Waals surface area (Å²) in [6, 6.07) is 4.47. The maximum Gasteiger partial charge on any atom is 0.163 e. The topological polar surface area (TPSA) is 66.5 Å². The molecule has 1 aliphatic carbocycles. The summed E-state index contributed by atoms with van der Waals surface area (Å²) < 4.78 is 1.85. The van der Waals surface area contributed by atoms with Gasteiger partial charge < -0.3 is 9.88 Å². The number of aryl methyl sites for hydroxylation is 1. The van der Waals surface area contributed by atoms with Crippen molar-refractivity contribution in [1.82, 2.24) is 14.5 Å². The minimum atomic E-state index is 0.150. The molecule has 0 bridgehead atoms. The molecule has 3 rings (SSSR count). The third-order valence-electron chi connectivity index (χ3n) is 3.83. The van der Waals surface area contributed by atoms with Crippen molar-refractivity contribution in [2.24, 2.45) is 13.0 Å². The van der Waals surface area contributed by atoms with E-state index >= 15 is 0 Å². The van der Waals surface area contributed by atoms with Crippen LogP contribution in [0.15, 0.2) is 12.4 Å². The van der Waals surface area contributed by atoms with Crippen LogP contribution in [0.25, 0.3) is 11.2 Å². The van der Waals surface area contributed by atoms with Crippen LogP contribution in [-0.4, -0.2) is 20.6 Å². The van der Waals surface area contributed by atoms with Crippen LogP contribution >= 0.6 is 11.6 Å². The molecule has 0 saturated heterocycles. The van der Waals surface area contributed by atoms with E-state index in [2.05, 4.69) is 21.4 Å². The minimum Gasteiger partial charge on any atom is -0.367 e. The first-order chi connectivity index (χ1) is 9.67. The van der Waals surface area contributed by atoms with E-state index < -0.39 is 0 Å². The fourth-order valence-corrected chi connectivity index (χ4v) is 3.02. The van der Waals surface area contributed by atoms with Gasteiger partial charge in [0.25, 0.3) is 0 Å². The van der Waals surface area contributed by atoms with E-state index in [0.717, 1.165) is 42.7 Å². The molecule has 0 radical (unpaired) electrons. The van der Waals surface area contributed by atoms with Crippen LogP contribution in [-0.2, 0) is 7.05 Å². The third kappa shape index (κ3) is 2.44. The van der Waals surface area contributed by atoms with Gasteiger partial charge in [-0.3, -0.25) is 0 Å². The molecule has 1 aliphatic rings. The Morgan fingerprint density at radius 3 is 3.15 bits per heavy atom. The molecule has 6 heteroatoms. The highest BCUT2D eigenvalue weighted by Gasteiger charge is 2.22. The van der Waals surface area contributed by atoms with Gasteiger partial charge in [0.15, 0.2) is 5.65 Å². The van der Waals surface area contributed by atoms with Gasteiger partial charge in [0.05, 0.1) is 17.4 Å². The summed E-state index contributed by atoms with van der Waals surface area (Å²) in [5.74, 6) is 0.909. The van der Waals surface area contributed by atoms with Crippen molar-refractivity contribution in [1.29, 1.82) is 5.26 Å². The number of nitrogens with zero attached hydrogens (tertiary/aromatic N) is 4. The standard InChI is InChI=1S/C14H16ClN5/c1-20-8-17-13-11(15)6-12(19-14(13)20)18-10-4-2-3-9(5-10)7-16/h6,8-10H,2-5H2,1H3,(H,18,19)/t9-,10-/m1/s1. The van der Waals surface area contributed by atoms with Gasteiger partial charge in [0.2, 0.25) is 0 Å². The van der Waals surface area contributed by atoms with Gasteiger partial charge in [-0.2, -0.15) is 5.26 Å². The summed E-state index contributed by atoms with van der Waals surface area (Å²) in [7, 11) is 1.90. The summed E-state index contributed by atoms with van der Waals surface area (Å²) >= 11 is 6.24. The molecule has 0 aromatic carbocycles. The largest absolute Gasteiger partial charge is 0.367 e. The number of hydrogen-bond donors (Lipinski definition) is 1. The van der Waals surface area contributed by atoms with E-state index in [4.69, 9.17) is 16.9 Å². The van der Waals surface area contributed by atoms with Crippen molar-refractivity contribution in [3.05, 3.63) is 17.4 Å². The molecule has 0 spiro atoms. The fourth-order valence-electron chi connectivity index (χ4n) is 2.78.